The SMILES string of the molecule is C[C@H]([NH2+]C[C@H](O)COC(c1ccc(F)cc1)c1ccc(F)cc1)c1ccc(F)cc1. The number of benzene rings is 3. The number of hydrogen-bond acceptors (Lipinski definition) is 2. The highest BCUT2D eigenvalue weighted by Gasteiger charge is 2.19. The molecule has 0 saturated heterocycles. The lowest BCUT2D eigenvalue weighted by molar-refractivity contribution is -0.698. The van der Waals surface area contributed by atoms with Crippen LogP contribution in [0, 0.1) is 17.5 Å². The van der Waals surface area contributed by atoms with E-state index < -0.39 is 12.2 Å². The summed E-state index contributed by atoms with van der Waals surface area (Å²) in [7, 11) is 0. The van der Waals surface area contributed by atoms with Gasteiger partial charge in [-0.1, -0.05) is 36.4 Å². The van der Waals surface area contributed by atoms with Crippen LogP contribution in [0.4, 0.5) is 13.2 Å². The van der Waals surface area contributed by atoms with Crippen molar-refractivity contribution in [3.8, 4) is 0 Å². The van der Waals surface area contributed by atoms with Crippen molar-refractivity contribution in [3.63, 3.8) is 0 Å². The molecule has 3 rings (SSSR count). The van der Waals surface area contributed by atoms with Gasteiger partial charge in [0.15, 0.2) is 0 Å². The van der Waals surface area contributed by atoms with Crippen LogP contribution in [0.1, 0.15) is 35.8 Å². The van der Waals surface area contributed by atoms with Gasteiger partial charge in [0.05, 0.1) is 6.61 Å². The summed E-state index contributed by atoms with van der Waals surface area (Å²) in [6.45, 7) is 2.41. The third-order valence-corrected chi connectivity index (χ3v) is 4.96. The summed E-state index contributed by atoms with van der Waals surface area (Å²) < 4.78 is 45.6. The lowest BCUT2D eigenvalue weighted by Gasteiger charge is -2.21. The van der Waals surface area contributed by atoms with Crippen LogP contribution in [0.3, 0.4) is 0 Å². The van der Waals surface area contributed by atoms with E-state index >= 15 is 0 Å². The summed E-state index contributed by atoms with van der Waals surface area (Å²) >= 11 is 0. The van der Waals surface area contributed by atoms with Gasteiger partial charge in [-0.2, -0.15) is 0 Å². The van der Waals surface area contributed by atoms with Gasteiger partial charge in [0, 0.05) is 5.56 Å². The van der Waals surface area contributed by atoms with E-state index in [0.29, 0.717) is 17.7 Å². The van der Waals surface area contributed by atoms with Crippen molar-refractivity contribution in [2.75, 3.05) is 13.2 Å². The van der Waals surface area contributed by atoms with Crippen molar-refractivity contribution in [1.82, 2.24) is 0 Å². The lowest BCUT2D eigenvalue weighted by atomic mass is 10.0. The van der Waals surface area contributed by atoms with Gasteiger partial charge in [-0.3, -0.25) is 0 Å². The summed E-state index contributed by atoms with van der Waals surface area (Å²) in [6, 6.07) is 18.1. The number of nitrogens with two attached hydrogens (primary N) is 1. The van der Waals surface area contributed by atoms with Gasteiger partial charge in [-0.15, -0.1) is 0 Å². The van der Waals surface area contributed by atoms with E-state index in [1.807, 2.05) is 12.2 Å². The van der Waals surface area contributed by atoms with Crippen LogP contribution in [0.15, 0.2) is 72.8 Å². The number of quaternary nitrogens is 1. The molecule has 0 aliphatic carbocycles. The van der Waals surface area contributed by atoms with E-state index in [1.165, 1.54) is 36.4 Å². The first-order chi connectivity index (χ1) is 14.4. The third-order valence-electron chi connectivity index (χ3n) is 4.96. The molecule has 0 aromatic heterocycles. The molecule has 0 spiro atoms. The van der Waals surface area contributed by atoms with E-state index in [1.54, 1.807) is 36.4 Å². The van der Waals surface area contributed by atoms with Crippen LogP contribution < -0.4 is 5.32 Å². The molecular formula is C24H25F3NO2+. The van der Waals surface area contributed by atoms with E-state index in [0.717, 1.165) is 5.56 Å². The second kappa shape index (κ2) is 10.4. The molecule has 0 radical (unpaired) electrons. The Bertz CT molecular complexity index is 869. The van der Waals surface area contributed by atoms with E-state index in [2.05, 4.69) is 0 Å². The van der Waals surface area contributed by atoms with Gasteiger partial charge in [0.25, 0.3) is 0 Å². The predicted octanol–water partition coefficient (Wildman–Crippen LogP) is 3.90. The van der Waals surface area contributed by atoms with Crippen LogP contribution in [-0.2, 0) is 4.74 Å². The number of hydrogen-bond donors (Lipinski definition) is 2. The standard InChI is InChI=1S/C24H24F3NO2/c1-16(17-2-8-20(25)9-3-17)28-14-23(29)15-30-24(18-4-10-21(26)11-5-18)19-6-12-22(27)13-7-19/h2-13,16,23-24,28-29H,14-15H2,1H3/p+1/t16-,23-/m0/s1. The normalized spacial score (nSPS) is 13.4. The van der Waals surface area contributed by atoms with Crippen LogP contribution in [0.25, 0.3) is 0 Å². The minimum absolute atomic E-state index is 0.0465. The summed E-state index contributed by atoms with van der Waals surface area (Å²) in [5.74, 6) is -1.01. The maximum absolute atomic E-state index is 13.3. The van der Waals surface area contributed by atoms with Crippen molar-refractivity contribution in [1.29, 1.82) is 0 Å². The molecule has 6 heteroatoms. The molecule has 0 unspecified atom stereocenters. The lowest BCUT2D eigenvalue weighted by Crippen LogP contribution is -2.87. The Morgan fingerprint density at radius 1 is 0.733 bits per heavy atom. The highest BCUT2D eigenvalue weighted by atomic mass is 19.1. The number of ether oxygens (including phenoxy) is 1. The maximum atomic E-state index is 13.3. The largest absolute Gasteiger partial charge is 0.385 e. The molecule has 3 N–H and O–H groups in total. The van der Waals surface area contributed by atoms with Crippen molar-refractivity contribution in [2.24, 2.45) is 0 Å². The summed E-state index contributed by atoms with van der Waals surface area (Å²) in [5, 5.41) is 12.3. The second-order valence-electron chi connectivity index (χ2n) is 7.28. The Kier molecular flexibility index (Phi) is 7.63. The molecule has 2 atom stereocenters. The van der Waals surface area contributed by atoms with Crippen molar-refractivity contribution in [2.45, 2.75) is 25.2 Å². The Balaban J connectivity index is 1.61. The zero-order valence-corrected chi connectivity index (χ0v) is 16.6. The number of rotatable bonds is 9. The number of aliphatic hydroxyl groups is 1. The van der Waals surface area contributed by atoms with Gasteiger partial charge >= 0.3 is 0 Å². The Morgan fingerprint density at radius 3 is 1.57 bits per heavy atom. The smallest absolute Gasteiger partial charge is 0.126 e. The summed E-state index contributed by atoms with van der Waals surface area (Å²) in [5.41, 5.74) is 2.37. The number of halogens is 3. The first-order valence-electron chi connectivity index (χ1n) is 9.82. The van der Waals surface area contributed by atoms with Gasteiger partial charge in [0.1, 0.15) is 42.2 Å². The highest BCUT2D eigenvalue weighted by Crippen LogP contribution is 2.26. The van der Waals surface area contributed by atoms with Crippen molar-refractivity contribution in [3.05, 3.63) is 107 Å². The fourth-order valence-corrected chi connectivity index (χ4v) is 3.20. The Hall–Kier alpha value is -2.67. The van der Waals surface area contributed by atoms with Crippen molar-refractivity contribution < 1.29 is 28.3 Å². The van der Waals surface area contributed by atoms with Crippen LogP contribution in [0.5, 0.6) is 0 Å². The first-order valence-corrected chi connectivity index (χ1v) is 9.82. The molecule has 0 aliphatic heterocycles. The van der Waals surface area contributed by atoms with Gasteiger partial charge in [-0.05, 0) is 54.4 Å². The molecule has 3 aromatic rings. The quantitative estimate of drug-likeness (QED) is 0.556. The molecule has 0 fully saturated rings. The predicted molar refractivity (Wildman–Crippen MR) is 108 cm³/mol. The van der Waals surface area contributed by atoms with E-state index in [4.69, 9.17) is 4.74 Å². The number of aliphatic hydroxyl groups excluding tert-OH is 1. The average Bonchev–Trinajstić information content (AvgIpc) is 2.75. The van der Waals surface area contributed by atoms with E-state index in [-0.39, 0.29) is 30.1 Å². The average molecular weight is 416 g/mol. The van der Waals surface area contributed by atoms with Crippen LogP contribution >= 0.6 is 0 Å². The molecule has 158 valence electrons. The highest BCUT2D eigenvalue weighted by molar-refractivity contribution is 5.30. The molecule has 0 bridgehead atoms. The van der Waals surface area contributed by atoms with Crippen molar-refractivity contribution >= 4 is 0 Å². The van der Waals surface area contributed by atoms with Crippen LogP contribution in [-0.4, -0.2) is 24.4 Å². The fraction of sp³-hybridized carbons (Fsp3) is 0.250. The molecule has 0 amide bonds. The monoisotopic (exact) mass is 416 g/mol. The molecule has 0 aliphatic rings. The fourth-order valence-electron chi connectivity index (χ4n) is 3.20. The zero-order valence-electron chi connectivity index (χ0n) is 16.6. The minimum atomic E-state index is -0.753. The molecule has 0 saturated carbocycles. The molecule has 30 heavy (non-hydrogen) atoms. The van der Waals surface area contributed by atoms with Crippen LogP contribution in [0.2, 0.25) is 0 Å². The zero-order chi connectivity index (χ0) is 21.5. The Labute approximate surface area is 174 Å². The van der Waals surface area contributed by atoms with Gasteiger partial charge < -0.3 is 15.2 Å². The van der Waals surface area contributed by atoms with E-state index in [9.17, 15) is 18.3 Å². The third kappa shape index (κ3) is 6.16. The van der Waals surface area contributed by atoms with Gasteiger partial charge in [-0.25, -0.2) is 13.2 Å². The molecular weight excluding hydrogens is 391 g/mol. The minimum Gasteiger partial charge on any atom is -0.385 e. The summed E-state index contributed by atoms with van der Waals surface area (Å²) in [4.78, 5) is 0. The summed E-state index contributed by atoms with van der Waals surface area (Å²) in [6.07, 6.45) is -1.31. The topological polar surface area (TPSA) is 46.1 Å². The Morgan fingerprint density at radius 2 is 1.13 bits per heavy atom. The second-order valence-corrected chi connectivity index (χ2v) is 7.28. The molecule has 3 aromatic carbocycles. The first kappa shape index (κ1) is 22.0. The van der Waals surface area contributed by atoms with Gasteiger partial charge in [0.2, 0.25) is 0 Å². The molecule has 0 heterocycles. The maximum Gasteiger partial charge on any atom is 0.126 e. The molecule has 3 nitrogen and oxygen atoms in total.